The molecule has 0 aliphatic carbocycles. The normalized spacial score (nSPS) is 12.2. The molecule has 0 radical (unpaired) electrons. The Morgan fingerprint density at radius 1 is 1.38 bits per heavy atom. The van der Waals surface area contributed by atoms with Gasteiger partial charge in [-0.15, -0.1) is 0 Å². The topological polar surface area (TPSA) is 83.8 Å². The summed E-state index contributed by atoms with van der Waals surface area (Å²) in [4.78, 5) is 20.9. The number of aliphatic hydroxyl groups excluding tert-OH is 1. The number of ether oxygens (including phenoxy) is 1. The van der Waals surface area contributed by atoms with Crippen LogP contribution in [-0.2, 0) is 14.3 Å². The van der Waals surface area contributed by atoms with Gasteiger partial charge < -0.3 is 14.9 Å². The molecule has 0 rings (SSSR count). The molecular formula is C8H14O5. The highest BCUT2D eigenvalue weighted by molar-refractivity contribution is 5.76. The second-order valence-electron chi connectivity index (χ2n) is 2.71. The maximum atomic E-state index is 10.9. The van der Waals surface area contributed by atoms with Crippen LogP contribution in [0.15, 0.2) is 0 Å². The number of aliphatic carboxylic acids is 1. The van der Waals surface area contributed by atoms with Gasteiger partial charge in [-0.25, -0.2) is 0 Å². The minimum Gasteiger partial charge on any atom is -0.481 e. The highest BCUT2D eigenvalue weighted by Gasteiger charge is 2.10. The first kappa shape index (κ1) is 11.9. The summed E-state index contributed by atoms with van der Waals surface area (Å²) >= 11 is 0. The molecular weight excluding hydrogens is 176 g/mol. The van der Waals surface area contributed by atoms with Crippen molar-refractivity contribution in [3.8, 4) is 0 Å². The fourth-order valence-electron chi connectivity index (χ4n) is 0.733. The zero-order chi connectivity index (χ0) is 10.3. The Kier molecular flexibility index (Phi) is 5.88. The van der Waals surface area contributed by atoms with E-state index in [9.17, 15) is 9.59 Å². The van der Waals surface area contributed by atoms with Gasteiger partial charge in [-0.3, -0.25) is 9.59 Å². The molecule has 5 nitrogen and oxygen atoms in total. The molecule has 0 heterocycles. The smallest absolute Gasteiger partial charge is 0.306 e. The van der Waals surface area contributed by atoms with Gasteiger partial charge in [0.25, 0.3) is 0 Å². The van der Waals surface area contributed by atoms with E-state index in [4.69, 9.17) is 14.9 Å². The molecule has 0 saturated heterocycles. The second kappa shape index (κ2) is 6.42. The van der Waals surface area contributed by atoms with Gasteiger partial charge in [0.05, 0.1) is 12.8 Å². The van der Waals surface area contributed by atoms with Crippen LogP contribution >= 0.6 is 0 Å². The first-order chi connectivity index (χ1) is 6.06. The zero-order valence-electron chi connectivity index (χ0n) is 7.52. The van der Waals surface area contributed by atoms with Crippen molar-refractivity contribution in [2.45, 2.75) is 32.3 Å². The molecule has 5 heteroatoms. The van der Waals surface area contributed by atoms with Crippen LogP contribution < -0.4 is 0 Å². The summed E-state index contributed by atoms with van der Waals surface area (Å²) in [5, 5.41) is 16.7. The van der Waals surface area contributed by atoms with Crippen molar-refractivity contribution >= 4 is 11.9 Å². The van der Waals surface area contributed by atoms with E-state index in [2.05, 4.69) is 0 Å². The molecule has 0 saturated carbocycles. The zero-order valence-corrected chi connectivity index (χ0v) is 7.52. The molecule has 13 heavy (non-hydrogen) atoms. The Labute approximate surface area is 76.3 Å². The van der Waals surface area contributed by atoms with Crippen LogP contribution in [0.1, 0.15) is 26.2 Å². The van der Waals surface area contributed by atoms with Crippen LogP contribution in [0, 0.1) is 0 Å². The lowest BCUT2D eigenvalue weighted by atomic mass is 10.3. The van der Waals surface area contributed by atoms with Gasteiger partial charge in [0.15, 0.2) is 0 Å². The lowest BCUT2D eigenvalue weighted by molar-refractivity contribution is -0.151. The number of carbonyl (C=O) groups is 2. The SMILES string of the molecule is CC(CCO)OC(=O)CCC(=O)O. The van der Waals surface area contributed by atoms with Crippen LogP contribution in [0.5, 0.6) is 0 Å². The molecule has 0 spiro atoms. The summed E-state index contributed by atoms with van der Waals surface area (Å²) in [6, 6.07) is 0. The van der Waals surface area contributed by atoms with E-state index < -0.39 is 11.9 Å². The lowest BCUT2D eigenvalue weighted by Crippen LogP contribution is -2.16. The number of carbonyl (C=O) groups excluding carboxylic acids is 1. The van der Waals surface area contributed by atoms with Crippen molar-refractivity contribution in [2.24, 2.45) is 0 Å². The maximum absolute atomic E-state index is 10.9. The third-order valence-corrected chi connectivity index (χ3v) is 1.41. The fraction of sp³-hybridized carbons (Fsp3) is 0.750. The van der Waals surface area contributed by atoms with Crippen LogP contribution in [0.25, 0.3) is 0 Å². The molecule has 0 aromatic heterocycles. The Balaban J connectivity index is 3.55. The van der Waals surface area contributed by atoms with Gasteiger partial charge >= 0.3 is 11.9 Å². The predicted octanol–water partition coefficient (Wildman–Crippen LogP) is 0.165. The molecule has 76 valence electrons. The Morgan fingerprint density at radius 3 is 2.46 bits per heavy atom. The molecule has 0 aromatic rings. The summed E-state index contributed by atoms with van der Waals surface area (Å²) in [5.41, 5.74) is 0. The van der Waals surface area contributed by atoms with E-state index >= 15 is 0 Å². The number of aliphatic hydroxyl groups is 1. The number of hydrogen-bond donors (Lipinski definition) is 2. The van der Waals surface area contributed by atoms with E-state index in [0.29, 0.717) is 6.42 Å². The van der Waals surface area contributed by atoms with Crippen molar-refractivity contribution in [3.05, 3.63) is 0 Å². The van der Waals surface area contributed by atoms with E-state index in [1.165, 1.54) is 0 Å². The van der Waals surface area contributed by atoms with Crippen molar-refractivity contribution in [2.75, 3.05) is 6.61 Å². The van der Waals surface area contributed by atoms with Crippen molar-refractivity contribution < 1.29 is 24.5 Å². The maximum Gasteiger partial charge on any atom is 0.306 e. The predicted molar refractivity (Wildman–Crippen MR) is 44.1 cm³/mol. The van der Waals surface area contributed by atoms with Crippen LogP contribution in [0.3, 0.4) is 0 Å². The van der Waals surface area contributed by atoms with Crippen molar-refractivity contribution in [1.29, 1.82) is 0 Å². The van der Waals surface area contributed by atoms with Crippen LogP contribution in [0.2, 0.25) is 0 Å². The molecule has 0 amide bonds. The first-order valence-electron chi connectivity index (χ1n) is 4.08. The fourth-order valence-corrected chi connectivity index (χ4v) is 0.733. The second-order valence-corrected chi connectivity index (χ2v) is 2.71. The largest absolute Gasteiger partial charge is 0.481 e. The minimum absolute atomic E-state index is 0.0482. The van der Waals surface area contributed by atoms with Crippen molar-refractivity contribution in [3.63, 3.8) is 0 Å². The van der Waals surface area contributed by atoms with Crippen LogP contribution in [-0.4, -0.2) is 34.9 Å². The number of esters is 1. The molecule has 2 N–H and O–H groups in total. The Hall–Kier alpha value is -1.10. The van der Waals surface area contributed by atoms with E-state index in [1.807, 2.05) is 0 Å². The molecule has 0 fully saturated rings. The molecule has 0 aliphatic heterocycles. The van der Waals surface area contributed by atoms with E-state index in [1.54, 1.807) is 6.92 Å². The molecule has 0 bridgehead atoms. The van der Waals surface area contributed by atoms with Gasteiger partial charge in [-0.05, 0) is 6.92 Å². The van der Waals surface area contributed by atoms with Gasteiger partial charge in [-0.2, -0.15) is 0 Å². The number of hydrogen-bond acceptors (Lipinski definition) is 4. The van der Waals surface area contributed by atoms with Gasteiger partial charge in [0.2, 0.25) is 0 Å². The summed E-state index contributed by atoms with van der Waals surface area (Å²) in [7, 11) is 0. The minimum atomic E-state index is -1.02. The summed E-state index contributed by atoms with van der Waals surface area (Å²) in [6.07, 6.45) is -0.319. The standard InChI is InChI=1S/C8H14O5/c1-6(4-5-9)13-8(12)3-2-7(10)11/h6,9H,2-5H2,1H3,(H,10,11). The molecule has 1 atom stereocenters. The highest BCUT2D eigenvalue weighted by Crippen LogP contribution is 2.00. The van der Waals surface area contributed by atoms with E-state index in [-0.39, 0.29) is 25.6 Å². The average molecular weight is 190 g/mol. The number of carboxylic acids is 1. The summed E-state index contributed by atoms with van der Waals surface area (Å²) in [6.45, 7) is 1.60. The quantitative estimate of drug-likeness (QED) is 0.583. The Morgan fingerprint density at radius 2 is 2.00 bits per heavy atom. The molecule has 1 unspecified atom stereocenters. The first-order valence-corrected chi connectivity index (χ1v) is 4.08. The van der Waals surface area contributed by atoms with Gasteiger partial charge in [0, 0.05) is 13.0 Å². The van der Waals surface area contributed by atoms with Gasteiger partial charge in [-0.1, -0.05) is 0 Å². The summed E-state index contributed by atoms with van der Waals surface area (Å²) < 4.78 is 4.78. The number of carboxylic acid groups (broad SMARTS) is 1. The lowest BCUT2D eigenvalue weighted by Gasteiger charge is -2.10. The van der Waals surface area contributed by atoms with Gasteiger partial charge in [0.1, 0.15) is 6.10 Å². The number of rotatable bonds is 6. The van der Waals surface area contributed by atoms with E-state index in [0.717, 1.165) is 0 Å². The molecule has 0 aliphatic rings. The molecule has 0 aromatic carbocycles. The van der Waals surface area contributed by atoms with Crippen molar-refractivity contribution in [1.82, 2.24) is 0 Å². The highest BCUT2D eigenvalue weighted by atomic mass is 16.5. The van der Waals surface area contributed by atoms with Crippen LogP contribution in [0.4, 0.5) is 0 Å². The average Bonchev–Trinajstić information content (AvgIpc) is 2.01. The third kappa shape index (κ3) is 7.27. The third-order valence-electron chi connectivity index (χ3n) is 1.41. The summed E-state index contributed by atoms with van der Waals surface area (Å²) in [5.74, 6) is -1.56. The monoisotopic (exact) mass is 190 g/mol. The Bertz CT molecular complexity index is 177.